The normalized spacial score (nSPS) is 17.6. The second kappa shape index (κ2) is 4.89. The summed E-state index contributed by atoms with van der Waals surface area (Å²) >= 11 is 5.69. The van der Waals surface area contributed by atoms with Crippen LogP contribution in [0.5, 0.6) is 0 Å². The molecule has 0 saturated heterocycles. The van der Waals surface area contributed by atoms with Gasteiger partial charge < -0.3 is 0 Å². The maximum absolute atomic E-state index is 3.70. The molecule has 1 aliphatic rings. The first kappa shape index (κ1) is 11.5. The highest BCUT2D eigenvalue weighted by molar-refractivity contribution is 9.09. The van der Waals surface area contributed by atoms with Crippen molar-refractivity contribution >= 4 is 27.7 Å². The third kappa shape index (κ3) is 2.58. The van der Waals surface area contributed by atoms with E-state index in [2.05, 4.69) is 53.1 Å². The van der Waals surface area contributed by atoms with E-state index >= 15 is 0 Å². The Balaban J connectivity index is 2.27. The van der Waals surface area contributed by atoms with E-state index in [1.165, 1.54) is 34.6 Å². The second-order valence-electron chi connectivity index (χ2n) is 4.12. The molecule has 1 aliphatic heterocycles. The zero-order chi connectivity index (χ0) is 10.8. The van der Waals surface area contributed by atoms with Gasteiger partial charge in [0.15, 0.2) is 0 Å². The molecule has 0 saturated carbocycles. The van der Waals surface area contributed by atoms with Crippen molar-refractivity contribution in [3.63, 3.8) is 0 Å². The Morgan fingerprint density at radius 3 is 2.93 bits per heavy atom. The minimum Gasteiger partial charge on any atom is -0.293 e. The molecule has 82 valence electrons. The van der Waals surface area contributed by atoms with Crippen LogP contribution in [0, 0.1) is 0 Å². The van der Waals surface area contributed by atoms with Crippen molar-refractivity contribution in [2.75, 3.05) is 19.8 Å². The highest BCUT2D eigenvalue weighted by atomic mass is 79.9. The van der Waals surface area contributed by atoms with E-state index < -0.39 is 0 Å². The molecule has 1 aromatic carbocycles. The Kier molecular flexibility index (Phi) is 3.75. The summed E-state index contributed by atoms with van der Waals surface area (Å²) in [5.41, 5.74) is 2.89. The number of nitrogens with zero attached hydrogens (tertiary/aromatic N) is 1. The smallest absolute Gasteiger partial charge is 0.0906 e. The molecular formula is C12H16BrNS. The highest BCUT2D eigenvalue weighted by Crippen LogP contribution is 2.34. The Bertz CT molecular complexity index is 351. The molecule has 1 atom stereocenters. The van der Waals surface area contributed by atoms with Gasteiger partial charge in [-0.15, -0.1) is 11.8 Å². The van der Waals surface area contributed by atoms with Crippen LogP contribution in [-0.2, 0) is 6.42 Å². The molecule has 1 aromatic rings. The highest BCUT2D eigenvalue weighted by Gasteiger charge is 2.14. The average molecular weight is 286 g/mol. The van der Waals surface area contributed by atoms with Crippen molar-refractivity contribution in [2.45, 2.75) is 22.7 Å². The summed E-state index contributed by atoms with van der Waals surface area (Å²) in [4.78, 5) is 3.98. The van der Waals surface area contributed by atoms with Crippen molar-refractivity contribution in [2.24, 2.45) is 0 Å². The summed E-state index contributed by atoms with van der Waals surface area (Å²) < 4.78 is 0. The fourth-order valence-electron chi connectivity index (χ4n) is 1.83. The number of fused-ring (bicyclic) bond motifs is 1. The quantitative estimate of drug-likeness (QED) is 0.602. The molecule has 0 amide bonds. The first-order valence-corrected chi connectivity index (χ1v) is 7.15. The van der Waals surface area contributed by atoms with E-state index in [-0.39, 0.29) is 0 Å². The predicted molar refractivity (Wildman–Crippen MR) is 70.8 cm³/mol. The van der Waals surface area contributed by atoms with Gasteiger partial charge in [0.1, 0.15) is 0 Å². The number of thioether (sulfide) groups is 1. The second-order valence-corrected chi connectivity index (χ2v) is 6.12. The van der Waals surface area contributed by atoms with Crippen LogP contribution < -0.4 is 0 Å². The number of halogens is 1. The lowest BCUT2D eigenvalue weighted by molar-refractivity contribution is 0.397. The molecule has 3 heteroatoms. The molecular weight excluding hydrogens is 270 g/mol. The molecule has 1 unspecified atom stereocenters. The Hall–Kier alpha value is 0.01000. The fraction of sp³-hybridized carbons (Fsp3) is 0.500. The van der Waals surface area contributed by atoms with Gasteiger partial charge in [0.25, 0.3) is 0 Å². The minimum absolute atomic E-state index is 0.328. The lowest BCUT2D eigenvalue weighted by atomic mass is 10.1. The molecule has 0 aliphatic carbocycles. The number of aryl methyl sites for hydroxylation is 1. The summed E-state index contributed by atoms with van der Waals surface area (Å²) in [6, 6.07) is 6.85. The molecule has 2 rings (SSSR count). The van der Waals surface area contributed by atoms with E-state index in [4.69, 9.17) is 0 Å². The van der Waals surface area contributed by atoms with Crippen molar-refractivity contribution < 1.29 is 0 Å². The van der Waals surface area contributed by atoms with E-state index in [1.54, 1.807) is 0 Å². The van der Waals surface area contributed by atoms with Crippen LogP contribution >= 0.6 is 27.7 Å². The molecule has 0 bridgehead atoms. The van der Waals surface area contributed by atoms with Gasteiger partial charge in [-0.05, 0) is 49.9 Å². The van der Waals surface area contributed by atoms with Crippen LogP contribution in [0.25, 0.3) is 0 Å². The van der Waals surface area contributed by atoms with Gasteiger partial charge >= 0.3 is 0 Å². The number of hydrogen-bond donors (Lipinski definition) is 0. The molecule has 1 heterocycles. The monoisotopic (exact) mass is 285 g/mol. The van der Waals surface area contributed by atoms with Gasteiger partial charge in [-0.2, -0.15) is 0 Å². The van der Waals surface area contributed by atoms with Crippen LogP contribution in [-0.4, -0.2) is 24.7 Å². The van der Waals surface area contributed by atoms with Crippen LogP contribution in [0.1, 0.15) is 22.5 Å². The van der Waals surface area contributed by atoms with Gasteiger partial charge in [0.2, 0.25) is 0 Å². The van der Waals surface area contributed by atoms with E-state index in [0.29, 0.717) is 4.95 Å². The SMILES string of the molecule is CN(C)C(Br)c1ccc2c(c1)CCCS2. The Morgan fingerprint density at radius 2 is 2.20 bits per heavy atom. The number of benzene rings is 1. The Labute approximate surface area is 104 Å². The number of hydrogen-bond acceptors (Lipinski definition) is 2. The van der Waals surface area contributed by atoms with Crippen molar-refractivity contribution in [3.05, 3.63) is 29.3 Å². The molecule has 0 N–H and O–H groups in total. The molecule has 0 spiro atoms. The maximum Gasteiger partial charge on any atom is 0.0906 e. The first-order chi connectivity index (χ1) is 7.18. The third-order valence-electron chi connectivity index (χ3n) is 2.66. The minimum atomic E-state index is 0.328. The standard InChI is InChI=1S/C12H16BrNS/c1-14(2)12(13)10-5-6-11-9(8-10)4-3-7-15-11/h5-6,8,12H,3-4,7H2,1-2H3. The summed E-state index contributed by atoms with van der Waals surface area (Å²) in [5, 5.41) is 0. The van der Waals surface area contributed by atoms with Crippen LogP contribution in [0.3, 0.4) is 0 Å². The summed E-state index contributed by atoms with van der Waals surface area (Å²) in [5.74, 6) is 1.28. The van der Waals surface area contributed by atoms with Crippen molar-refractivity contribution in [1.82, 2.24) is 4.90 Å². The molecule has 0 radical (unpaired) electrons. The lowest BCUT2D eigenvalue weighted by Crippen LogP contribution is -2.14. The summed E-state index contributed by atoms with van der Waals surface area (Å²) in [7, 11) is 4.18. The molecule has 15 heavy (non-hydrogen) atoms. The number of alkyl halides is 1. The van der Waals surface area contributed by atoms with E-state index in [9.17, 15) is 0 Å². The zero-order valence-electron chi connectivity index (χ0n) is 9.16. The number of rotatable bonds is 2. The van der Waals surface area contributed by atoms with Gasteiger partial charge in [0.05, 0.1) is 4.95 Å². The van der Waals surface area contributed by atoms with Gasteiger partial charge in [-0.3, -0.25) is 4.90 Å². The summed E-state index contributed by atoms with van der Waals surface area (Å²) in [6.45, 7) is 0. The van der Waals surface area contributed by atoms with Gasteiger partial charge in [-0.25, -0.2) is 0 Å². The molecule has 1 nitrogen and oxygen atoms in total. The zero-order valence-corrected chi connectivity index (χ0v) is 11.6. The van der Waals surface area contributed by atoms with Crippen molar-refractivity contribution in [3.8, 4) is 0 Å². The summed E-state index contributed by atoms with van der Waals surface area (Å²) in [6.07, 6.45) is 2.55. The molecule has 0 aromatic heterocycles. The van der Waals surface area contributed by atoms with Crippen LogP contribution in [0.15, 0.2) is 23.1 Å². The fourth-order valence-corrected chi connectivity index (χ4v) is 3.13. The van der Waals surface area contributed by atoms with Gasteiger partial charge in [-0.1, -0.05) is 28.1 Å². The third-order valence-corrected chi connectivity index (χ3v) is 5.21. The van der Waals surface area contributed by atoms with E-state index in [1.807, 2.05) is 11.8 Å². The molecule has 0 fully saturated rings. The average Bonchev–Trinajstić information content (AvgIpc) is 2.27. The first-order valence-electron chi connectivity index (χ1n) is 5.24. The van der Waals surface area contributed by atoms with Crippen LogP contribution in [0.2, 0.25) is 0 Å². The largest absolute Gasteiger partial charge is 0.293 e. The van der Waals surface area contributed by atoms with E-state index in [0.717, 1.165) is 0 Å². The topological polar surface area (TPSA) is 3.24 Å². The lowest BCUT2D eigenvalue weighted by Gasteiger charge is -2.21. The van der Waals surface area contributed by atoms with Crippen LogP contribution in [0.4, 0.5) is 0 Å². The van der Waals surface area contributed by atoms with Crippen molar-refractivity contribution in [1.29, 1.82) is 0 Å². The Morgan fingerprint density at radius 1 is 1.40 bits per heavy atom. The van der Waals surface area contributed by atoms with Gasteiger partial charge in [0, 0.05) is 4.90 Å². The maximum atomic E-state index is 3.70. The predicted octanol–water partition coefficient (Wildman–Crippen LogP) is 3.68.